The van der Waals surface area contributed by atoms with Crippen LogP contribution in [-0.4, -0.2) is 8.42 Å². The van der Waals surface area contributed by atoms with Gasteiger partial charge < -0.3 is 0 Å². The maximum Gasteiger partial charge on any atom is 0.261 e. The van der Waals surface area contributed by atoms with E-state index < -0.39 is 9.05 Å². The molecule has 2 nitrogen and oxygen atoms in total. The van der Waals surface area contributed by atoms with Crippen LogP contribution >= 0.6 is 10.7 Å². The van der Waals surface area contributed by atoms with Gasteiger partial charge in [-0.05, 0) is 18.1 Å². The van der Waals surface area contributed by atoms with Crippen molar-refractivity contribution < 1.29 is 8.42 Å². The third-order valence-corrected chi connectivity index (χ3v) is 3.11. The molecule has 0 saturated heterocycles. The van der Waals surface area contributed by atoms with Crippen LogP contribution in [0.4, 0.5) is 0 Å². The summed E-state index contributed by atoms with van der Waals surface area (Å²) < 4.78 is 21.9. The lowest BCUT2D eigenvalue weighted by Crippen LogP contribution is -1.94. The van der Waals surface area contributed by atoms with Gasteiger partial charge in [0.25, 0.3) is 9.05 Å². The Morgan fingerprint density at radius 2 is 1.92 bits per heavy atom. The highest BCUT2D eigenvalue weighted by atomic mass is 35.7. The standard InChI is InChI=1S/C9H9ClO2S/c1-7-5-3-4-6-9(7)8(2)13(10,11)12/h3-6H,2H2,1H3. The summed E-state index contributed by atoms with van der Waals surface area (Å²) in [6.07, 6.45) is 0. The Labute approximate surface area is 82.3 Å². The monoisotopic (exact) mass is 216 g/mol. The van der Waals surface area contributed by atoms with E-state index in [0.29, 0.717) is 5.56 Å². The molecule has 0 aliphatic heterocycles. The highest BCUT2D eigenvalue weighted by Gasteiger charge is 2.14. The van der Waals surface area contributed by atoms with Crippen LogP contribution in [0.25, 0.3) is 4.91 Å². The Morgan fingerprint density at radius 3 is 2.38 bits per heavy atom. The van der Waals surface area contributed by atoms with Crippen LogP contribution < -0.4 is 0 Å². The Bertz CT molecular complexity index is 435. The second-order valence-corrected chi connectivity index (χ2v) is 5.26. The fraction of sp³-hybridized carbons (Fsp3) is 0.111. The lowest BCUT2D eigenvalue weighted by atomic mass is 10.1. The Kier molecular flexibility index (Phi) is 2.78. The molecule has 0 unspecified atom stereocenters. The predicted octanol–water partition coefficient (Wildman–Crippen LogP) is 2.53. The Balaban J connectivity index is 3.26. The van der Waals surface area contributed by atoms with Gasteiger partial charge in [-0.3, -0.25) is 0 Å². The molecule has 4 heteroatoms. The van der Waals surface area contributed by atoms with Crippen LogP contribution in [-0.2, 0) is 9.05 Å². The smallest absolute Gasteiger partial charge is 0.207 e. The first-order valence-electron chi connectivity index (χ1n) is 3.62. The molecule has 1 aromatic carbocycles. The molecule has 0 N–H and O–H groups in total. The summed E-state index contributed by atoms with van der Waals surface area (Å²) >= 11 is 0. The summed E-state index contributed by atoms with van der Waals surface area (Å²) in [6.45, 7) is 5.25. The molecule has 0 amide bonds. The molecular formula is C9H9ClO2S. The van der Waals surface area contributed by atoms with Gasteiger partial charge in [-0.2, -0.15) is 0 Å². The molecule has 0 atom stereocenters. The van der Waals surface area contributed by atoms with Crippen molar-refractivity contribution in [2.75, 3.05) is 0 Å². The van der Waals surface area contributed by atoms with E-state index >= 15 is 0 Å². The first kappa shape index (κ1) is 10.3. The van der Waals surface area contributed by atoms with Crippen molar-refractivity contribution in [1.82, 2.24) is 0 Å². The first-order valence-corrected chi connectivity index (χ1v) is 5.93. The van der Waals surface area contributed by atoms with E-state index in [1.807, 2.05) is 19.1 Å². The third kappa shape index (κ3) is 2.32. The molecule has 13 heavy (non-hydrogen) atoms. The van der Waals surface area contributed by atoms with E-state index in [1.54, 1.807) is 12.1 Å². The number of hydrogen-bond donors (Lipinski definition) is 0. The molecule has 1 rings (SSSR count). The SMILES string of the molecule is C=C(c1ccccc1C)S(=O)(=O)Cl. The van der Waals surface area contributed by atoms with E-state index in [1.165, 1.54) is 0 Å². The Morgan fingerprint density at radius 1 is 1.38 bits per heavy atom. The Hall–Kier alpha value is -0.800. The van der Waals surface area contributed by atoms with Gasteiger partial charge in [0.05, 0.1) is 4.91 Å². The van der Waals surface area contributed by atoms with Crippen LogP contribution in [0.2, 0.25) is 0 Å². The van der Waals surface area contributed by atoms with Crippen molar-refractivity contribution in [3.05, 3.63) is 42.0 Å². The number of aryl methyl sites for hydroxylation is 1. The summed E-state index contributed by atoms with van der Waals surface area (Å²) in [5, 5.41) is 0. The van der Waals surface area contributed by atoms with Gasteiger partial charge in [-0.25, -0.2) is 8.42 Å². The molecule has 1 aromatic rings. The lowest BCUT2D eigenvalue weighted by Gasteiger charge is -2.04. The molecule has 0 spiro atoms. The van der Waals surface area contributed by atoms with Crippen molar-refractivity contribution in [3.8, 4) is 0 Å². The lowest BCUT2D eigenvalue weighted by molar-refractivity contribution is 0.618. The first-order chi connectivity index (χ1) is 5.93. The van der Waals surface area contributed by atoms with Crippen LogP contribution in [0.1, 0.15) is 11.1 Å². The van der Waals surface area contributed by atoms with E-state index in [9.17, 15) is 8.42 Å². The molecule has 0 aliphatic carbocycles. The van der Waals surface area contributed by atoms with Gasteiger partial charge in [0, 0.05) is 10.7 Å². The second kappa shape index (κ2) is 3.52. The fourth-order valence-corrected chi connectivity index (χ4v) is 1.76. The predicted molar refractivity (Wildman–Crippen MR) is 55.0 cm³/mol. The summed E-state index contributed by atoms with van der Waals surface area (Å²) in [4.78, 5) is -0.0488. The van der Waals surface area contributed by atoms with E-state index in [0.717, 1.165) is 5.56 Å². The van der Waals surface area contributed by atoms with E-state index in [-0.39, 0.29) is 4.91 Å². The summed E-state index contributed by atoms with van der Waals surface area (Å²) in [7, 11) is 1.46. The van der Waals surface area contributed by atoms with E-state index in [4.69, 9.17) is 10.7 Å². The van der Waals surface area contributed by atoms with Gasteiger partial charge in [-0.1, -0.05) is 30.8 Å². The maximum atomic E-state index is 10.9. The number of halogens is 1. The summed E-state index contributed by atoms with van der Waals surface area (Å²) in [6, 6.07) is 7.06. The zero-order chi connectivity index (χ0) is 10.1. The molecule has 0 saturated carbocycles. The molecule has 0 bridgehead atoms. The van der Waals surface area contributed by atoms with Crippen LogP contribution in [0.5, 0.6) is 0 Å². The zero-order valence-electron chi connectivity index (χ0n) is 7.12. The number of benzene rings is 1. The largest absolute Gasteiger partial charge is 0.261 e. The van der Waals surface area contributed by atoms with Crippen molar-refractivity contribution in [2.24, 2.45) is 0 Å². The third-order valence-electron chi connectivity index (χ3n) is 1.74. The molecule has 0 aromatic heterocycles. The minimum atomic E-state index is -3.70. The topological polar surface area (TPSA) is 34.1 Å². The minimum absolute atomic E-state index is 0.0488. The molecular weight excluding hydrogens is 208 g/mol. The van der Waals surface area contributed by atoms with Crippen LogP contribution in [0.3, 0.4) is 0 Å². The molecule has 0 aliphatic rings. The highest BCUT2D eigenvalue weighted by Crippen LogP contribution is 2.24. The van der Waals surface area contributed by atoms with Crippen molar-refractivity contribution in [3.63, 3.8) is 0 Å². The van der Waals surface area contributed by atoms with Gasteiger partial charge in [-0.15, -0.1) is 0 Å². The number of hydrogen-bond acceptors (Lipinski definition) is 2. The number of rotatable bonds is 2. The normalized spacial score (nSPS) is 11.2. The van der Waals surface area contributed by atoms with Crippen LogP contribution in [0.15, 0.2) is 30.8 Å². The maximum absolute atomic E-state index is 10.9. The summed E-state index contributed by atoms with van der Waals surface area (Å²) in [5.41, 5.74) is 1.41. The molecule has 70 valence electrons. The van der Waals surface area contributed by atoms with Crippen molar-refractivity contribution >= 4 is 24.6 Å². The second-order valence-electron chi connectivity index (χ2n) is 2.68. The van der Waals surface area contributed by atoms with Crippen LogP contribution in [0, 0.1) is 6.92 Å². The average molecular weight is 217 g/mol. The van der Waals surface area contributed by atoms with Crippen molar-refractivity contribution in [1.29, 1.82) is 0 Å². The zero-order valence-corrected chi connectivity index (χ0v) is 8.69. The van der Waals surface area contributed by atoms with Gasteiger partial charge in [0.15, 0.2) is 0 Å². The van der Waals surface area contributed by atoms with Gasteiger partial charge in [0.1, 0.15) is 0 Å². The van der Waals surface area contributed by atoms with E-state index in [2.05, 4.69) is 6.58 Å². The molecule has 0 heterocycles. The minimum Gasteiger partial charge on any atom is -0.207 e. The van der Waals surface area contributed by atoms with Gasteiger partial charge >= 0.3 is 0 Å². The molecule has 0 fully saturated rings. The highest BCUT2D eigenvalue weighted by molar-refractivity contribution is 8.21. The summed E-state index contributed by atoms with van der Waals surface area (Å²) in [5.74, 6) is 0. The quantitative estimate of drug-likeness (QED) is 0.712. The van der Waals surface area contributed by atoms with Gasteiger partial charge in [0.2, 0.25) is 0 Å². The fourth-order valence-electron chi connectivity index (χ4n) is 1.02. The van der Waals surface area contributed by atoms with Crippen molar-refractivity contribution in [2.45, 2.75) is 6.92 Å². The molecule has 0 radical (unpaired) electrons. The average Bonchev–Trinajstić information content (AvgIpc) is 2.02.